The molecule has 2 N–H and O–H groups in total. The molecule has 0 aromatic carbocycles. The maximum atomic E-state index is 12.4. The number of nitrogens with zero attached hydrogens (tertiary/aromatic N) is 3. The number of nitrogens with two attached hydrogens (primary N) is 1. The number of aryl methyl sites for hydroxylation is 2. The molecule has 7 heteroatoms. The van der Waals surface area contributed by atoms with Gasteiger partial charge in [-0.2, -0.15) is 0 Å². The van der Waals surface area contributed by atoms with E-state index in [1.54, 1.807) is 17.4 Å². The molecule has 2 aromatic heterocycles. The van der Waals surface area contributed by atoms with Crippen LogP contribution in [-0.4, -0.2) is 39.2 Å². The van der Waals surface area contributed by atoms with Crippen LogP contribution in [0.25, 0.3) is 11.0 Å². The lowest BCUT2D eigenvalue weighted by Crippen LogP contribution is -2.38. The minimum atomic E-state index is -0.258. The van der Waals surface area contributed by atoms with Gasteiger partial charge in [-0.1, -0.05) is 0 Å². The summed E-state index contributed by atoms with van der Waals surface area (Å²) in [7, 11) is 0. The summed E-state index contributed by atoms with van der Waals surface area (Å²) in [6.07, 6.45) is 7.60. The highest BCUT2D eigenvalue weighted by atomic mass is 32.1. The minimum Gasteiger partial charge on any atom is -0.370 e. The molecule has 6 nitrogen and oxygen atoms in total. The van der Waals surface area contributed by atoms with Gasteiger partial charge in [0, 0.05) is 36.7 Å². The van der Waals surface area contributed by atoms with Crippen LogP contribution in [0.5, 0.6) is 0 Å². The molecule has 0 atom stereocenters. The predicted molar refractivity (Wildman–Crippen MR) is 94.7 cm³/mol. The molecule has 128 valence electrons. The fourth-order valence-electron chi connectivity index (χ4n) is 3.18. The molecule has 0 saturated carbocycles. The maximum Gasteiger partial charge on any atom is 0.246 e. The Morgan fingerprint density at radius 1 is 1.38 bits per heavy atom. The Bertz CT molecular complexity index is 797. The van der Waals surface area contributed by atoms with Gasteiger partial charge in [-0.05, 0) is 38.7 Å². The first-order valence-electron chi connectivity index (χ1n) is 8.14. The van der Waals surface area contributed by atoms with Crippen molar-refractivity contribution in [2.24, 2.45) is 11.7 Å². The second kappa shape index (κ2) is 6.76. The number of fused-ring (bicyclic) bond motifs is 1. The number of carbonyl (C=O) groups is 2. The molecule has 1 saturated heterocycles. The molecule has 1 fully saturated rings. The highest BCUT2D eigenvalue weighted by Crippen LogP contribution is 2.23. The van der Waals surface area contributed by atoms with Crippen molar-refractivity contribution in [2.75, 3.05) is 13.1 Å². The molecule has 3 rings (SSSR count). The first kappa shape index (κ1) is 16.7. The molecule has 3 heterocycles. The number of amides is 2. The standard InChI is InChI=1S/C17H22N4O2S/c1-11-10-21-14(12(2)19-17(21)24-11)3-4-16(23)20-7-5-13(6-8-20)9-15(18)22/h3-4,10,13H,5-9H2,1-2H3,(H2,18,22). The van der Waals surface area contributed by atoms with Gasteiger partial charge in [-0.15, -0.1) is 11.3 Å². The molecule has 0 spiro atoms. The highest BCUT2D eigenvalue weighted by molar-refractivity contribution is 7.17. The van der Waals surface area contributed by atoms with Crippen LogP contribution in [0.1, 0.15) is 35.5 Å². The molecule has 0 bridgehead atoms. The average molecular weight is 346 g/mol. The number of primary amides is 1. The molecular weight excluding hydrogens is 324 g/mol. The number of aromatic nitrogens is 2. The van der Waals surface area contributed by atoms with Crippen LogP contribution >= 0.6 is 11.3 Å². The molecule has 0 radical (unpaired) electrons. The van der Waals surface area contributed by atoms with E-state index in [1.807, 2.05) is 35.4 Å². The summed E-state index contributed by atoms with van der Waals surface area (Å²) in [6.45, 7) is 5.36. The van der Waals surface area contributed by atoms with Crippen molar-refractivity contribution < 1.29 is 9.59 Å². The predicted octanol–water partition coefficient (Wildman–Crippen LogP) is 2.14. The monoisotopic (exact) mass is 346 g/mol. The summed E-state index contributed by atoms with van der Waals surface area (Å²) >= 11 is 1.64. The van der Waals surface area contributed by atoms with E-state index < -0.39 is 0 Å². The third-order valence-corrected chi connectivity index (χ3v) is 5.36. The molecule has 2 amide bonds. The summed E-state index contributed by atoms with van der Waals surface area (Å²) in [4.78, 5) is 31.9. The van der Waals surface area contributed by atoms with Crippen molar-refractivity contribution in [3.8, 4) is 0 Å². The van der Waals surface area contributed by atoms with Crippen molar-refractivity contribution in [2.45, 2.75) is 33.1 Å². The van der Waals surface area contributed by atoms with E-state index in [0.29, 0.717) is 25.4 Å². The molecule has 24 heavy (non-hydrogen) atoms. The maximum absolute atomic E-state index is 12.4. The van der Waals surface area contributed by atoms with Crippen molar-refractivity contribution in [1.29, 1.82) is 0 Å². The van der Waals surface area contributed by atoms with Crippen molar-refractivity contribution in [3.63, 3.8) is 0 Å². The Morgan fingerprint density at radius 3 is 2.75 bits per heavy atom. The molecule has 0 aliphatic carbocycles. The minimum absolute atomic E-state index is 0.00817. The second-order valence-electron chi connectivity index (χ2n) is 6.35. The Hall–Kier alpha value is -2.15. The number of hydrogen-bond donors (Lipinski definition) is 1. The number of thiazole rings is 1. The SMILES string of the molecule is Cc1cn2c(C=CC(=O)N3CCC(CC(N)=O)CC3)c(C)nc2s1. The average Bonchev–Trinajstić information content (AvgIpc) is 3.00. The summed E-state index contributed by atoms with van der Waals surface area (Å²) < 4.78 is 2.03. The molecule has 1 aliphatic heterocycles. The van der Waals surface area contributed by atoms with Gasteiger partial charge in [0.1, 0.15) is 0 Å². The topological polar surface area (TPSA) is 80.7 Å². The number of carbonyl (C=O) groups excluding carboxylic acids is 2. The van der Waals surface area contributed by atoms with Crippen LogP contribution in [0.3, 0.4) is 0 Å². The van der Waals surface area contributed by atoms with Crippen molar-refractivity contribution in [1.82, 2.24) is 14.3 Å². The summed E-state index contributed by atoms with van der Waals surface area (Å²) in [6, 6.07) is 0. The van der Waals surface area contributed by atoms with E-state index in [0.717, 1.165) is 29.2 Å². The largest absolute Gasteiger partial charge is 0.370 e. The normalized spacial score (nSPS) is 16.3. The summed E-state index contributed by atoms with van der Waals surface area (Å²) in [5, 5.41) is 0. The van der Waals surface area contributed by atoms with Gasteiger partial charge < -0.3 is 10.6 Å². The lowest BCUT2D eigenvalue weighted by Gasteiger charge is -2.30. The third-order valence-electron chi connectivity index (χ3n) is 4.46. The number of imidazole rings is 1. The van der Waals surface area contributed by atoms with Gasteiger partial charge in [0.25, 0.3) is 0 Å². The Balaban J connectivity index is 1.65. The van der Waals surface area contributed by atoms with E-state index in [-0.39, 0.29) is 11.8 Å². The zero-order valence-electron chi connectivity index (χ0n) is 14.0. The van der Waals surface area contributed by atoms with Gasteiger partial charge in [-0.25, -0.2) is 4.98 Å². The van der Waals surface area contributed by atoms with Gasteiger partial charge in [0.05, 0.1) is 11.4 Å². The summed E-state index contributed by atoms with van der Waals surface area (Å²) in [5.41, 5.74) is 7.11. The van der Waals surface area contributed by atoms with Crippen LogP contribution in [0, 0.1) is 19.8 Å². The van der Waals surface area contributed by atoms with Crippen molar-refractivity contribution in [3.05, 3.63) is 28.5 Å². The Labute approximate surface area is 145 Å². The van der Waals surface area contributed by atoms with E-state index in [4.69, 9.17) is 5.73 Å². The van der Waals surface area contributed by atoms with E-state index in [2.05, 4.69) is 4.98 Å². The number of piperidine rings is 1. The van der Waals surface area contributed by atoms with Crippen LogP contribution in [0.15, 0.2) is 12.3 Å². The number of hydrogen-bond acceptors (Lipinski definition) is 4. The molecule has 1 aliphatic rings. The zero-order chi connectivity index (χ0) is 17.3. The smallest absolute Gasteiger partial charge is 0.246 e. The molecule has 0 unspecified atom stereocenters. The van der Waals surface area contributed by atoms with Gasteiger partial charge in [0.15, 0.2) is 4.96 Å². The first-order chi connectivity index (χ1) is 11.4. The Kier molecular flexibility index (Phi) is 4.71. The molecular formula is C17H22N4O2S. The fraction of sp³-hybridized carbons (Fsp3) is 0.471. The third kappa shape index (κ3) is 3.51. The van der Waals surface area contributed by atoms with E-state index in [9.17, 15) is 9.59 Å². The van der Waals surface area contributed by atoms with E-state index in [1.165, 1.54) is 4.88 Å². The van der Waals surface area contributed by atoms with Crippen LogP contribution in [0.4, 0.5) is 0 Å². The fourth-order valence-corrected chi connectivity index (χ4v) is 4.06. The van der Waals surface area contributed by atoms with Gasteiger partial charge >= 0.3 is 0 Å². The second-order valence-corrected chi connectivity index (χ2v) is 7.56. The van der Waals surface area contributed by atoms with Gasteiger partial charge in [-0.3, -0.25) is 14.0 Å². The van der Waals surface area contributed by atoms with Crippen molar-refractivity contribution >= 4 is 34.2 Å². The number of rotatable bonds is 4. The van der Waals surface area contributed by atoms with E-state index >= 15 is 0 Å². The first-order valence-corrected chi connectivity index (χ1v) is 8.96. The van der Waals surface area contributed by atoms with Crippen LogP contribution in [0.2, 0.25) is 0 Å². The van der Waals surface area contributed by atoms with Gasteiger partial charge in [0.2, 0.25) is 11.8 Å². The lowest BCUT2D eigenvalue weighted by molar-refractivity contribution is -0.127. The van der Waals surface area contributed by atoms with Crippen LogP contribution < -0.4 is 5.73 Å². The lowest BCUT2D eigenvalue weighted by atomic mass is 9.93. The highest BCUT2D eigenvalue weighted by Gasteiger charge is 2.22. The molecule has 2 aromatic rings. The quantitative estimate of drug-likeness (QED) is 0.861. The Morgan fingerprint density at radius 2 is 2.08 bits per heavy atom. The summed E-state index contributed by atoms with van der Waals surface area (Å²) in [5.74, 6) is 0.0563. The van der Waals surface area contributed by atoms with Crippen LogP contribution in [-0.2, 0) is 9.59 Å². The zero-order valence-corrected chi connectivity index (χ0v) is 14.8. The number of likely N-dealkylation sites (tertiary alicyclic amines) is 1.